The summed E-state index contributed by atoms with van der Waals surface area (Å²) in [5.74, 6) is 1.26. The number of halogens is 2. The van der Waals surface area contributed by atoms with Crippen LogP contribution in [0, 0.1) is 3.57 Å². The molecule has 4 rings (SSSR count). The molecular formula is C22H19BrINO3. The Hall–Kier alpha value is -1.67. The number of fused-ring (bicyclic) bond motifs is 3. The van der Waals surface area contributed by atoms with Gasteiger partial charge in [-0.2, -0.15) is 0 Å². The number of aryl methyl sites for hydroxylation is 2. The number of para-hydroxylation sites is 1. The summed E-state index contributed by atoms with van der Waals surface area (Å²) in [7, 11) is 0. The second-order valence-corrected chi connectivity index (χ2v) is 8.74. The average Bonchev–Trinajstić information content (AvgIpc) is 3.06. The van der Waals surface area contributed by atoms with Crippen molar-refractivity contribution >= 4 is 67.4 Å². The van der Waals surface area contributed by atoms with Gasteiger partial charge in [0, 0.05) is 39.1 Å². The zero-order valence-corrected chi connectivity index (χ0v) is 19.2. The molecule has 0 atom stereocenters. The lowest BCUT2D eigenvalue weighted by atomic mass is 9.94. The lowest BCUT2D eigenvalue weighted by Gasteiger charge is -2.13. The van der Waals surface area contributed by atoms with Crippen molar-refractivity contribution < 1.29 is 13.9 Å². The first kappa shape index (κ1) is 19.6. The van der Waals surface area contributed by atoms with Crippen LogP contribution < -0.4 is 4.74 Å². The number of carbonyl (C=O) groups excluding carboxylic acids is 1. The summed E-state index contributed by atoms with van der Waals surface area (Å²) in [5.41, 5.74) is 3.69. The molecule has 0 aliphatic heterocycles. The molecule has 1 heterocycles. The molecule has 2 aromatic carbocycles. The number of hydrogen-bond donors (Lipinski definition) is 0. The summed E-state index contributed by atoms with van der Waals surface area (Å²) >= 11 is 5.83. The predicted octanol–water partition coefficient (Wildman–Crippen LogP) is 6.74. The quantitative estimate of drug-likeness (QED) is 0.156. The lowest BCUT2D eigenvalue weighted by molar-refractivity contribution is -0.134. The molecule has 0 spiro atoms. The smallest absolute Gasteiger partial charge is 0.310 e. The number of carbonyl (C=O) groups is 1. The predicted molar refractivity (Wildman–Crippen MR) is 123 cm³/mol. The number of rotatable bonds is 4. The topological polar surface area (TPSA) is 51.8 Å². The van der Waals surface area contributed by atoms with Crippen molar-refractivity contribution in [2.45, 2.75) is 39.0 Å². The third-order valence-corrected chi connectivity index (χ3v) is 6.38. The van der Waals surface area contributed by atoms with E-state index in [1.807, 2.05) is 30.3 Å². The summed E-state index contributed by atoms with van der Waals surface area (Å²) in [4.78, 5) is 16.8. The Morgan fingerprint density at radius 2 is 2.11 bits per heavy atom. The third kappa shape index (κ3) is 3.76. The van der Waals surface area contributed by atoms with Crippen LogP contribution in [0.4, 0.5) is 5.69 Å². The van der Waals surface area contributed by atoms with Crippen LogP contribution in [-0.4, -0.2) is 12.2 Å². The van der Waals surface area contributed by atoms with Crippen LogP contribution >= 0.6 is 38.5 Å². The summed E-state index contributed by atoms with van der Waals surface area (Å²) in [5, 5.41) is 1.01. The van der Waals surface area contributed by atoms with Gasteiger partial charge >= 0.3 is 5.97 Å². The first-order valence-corrected chi connectivity index (χ1v) is 11.2. The standard InChI is InChI=1S/C22H19BrINO3/c1-2-20(26)28-22-14(12-25-17-9-5-4-8-16(17)24)21-13-7-3-6-10-18(13)27-19(21)11-15(22)23/h4-5,8-9,11-12H,2-3,6-7,10H2,1H3. The van der Waals surface area contributed by atoms with Crippen molar-refractivity contribution in [2.75, 3.05) is 0 Å². The summed E-state index contributed by atoms with van der Waals surface area (Å²) in [6, 6.07) is 9.83. The molecule has 1 aliphatic rings. The first-order valence-electron chi connectivity index (χ1n) is 9.34. The summed E-state index contributed by atoms with van der Waals surface area (Å²) in [6.45, 7) is 1.79. The Morgan fingerprint density at radius 1 is 1.32 bits per heavy atom. The fourth-order valence-electron chi connectivity index (χ4n) is 3.51. The monoisotopic (exact) mass is 551 g/mol. The number of esters is 1. The molecule has 0 amide bonds. The van der Waals surface area contributed by atoms with Crippen LogP contribution in [0.15, 0.2) is 44.2 Å². The van der Waals surface area contributed by atoms with Gasteiger partial charge in [-0.05, 0) is 76.0 Å². The molecule has 0 saturated heterocycles. The van der Waals surface area contributed by atoms with Crippen molar-refractivity contribution in [2.24, 2.45) is 4.99 Å². The number of nitrogens with zero attached hydrogens (tertiary/aromatic N) is 1. The minimum absolute atomic E-state index is 0.277. The number of benzene rings is 2. The molecule has 28 heavy (non-hydrogen) atoms. The van der Waals surface area contributed by atoms with E-state index >= 15 is 0 Å². The Balaban J connectivity index is 1.93. The average molecular weight is 552 g/mol. The van der Waals surface area contributed by atoms with Crippen LogP contribution in [0.2, 0.25) is 0 Å². The van der Waals surface area contributed by atoms with Crippen molar-refractivity contribution in [3.05, 3.63) is 55.3 Å². The number of aliphatic imine (C=N–C) groups is 1. The maximum Gasteiger partial charge on any atom is 0.310 e. The second-order valence-electron chi connectivity index (χ2n) is 6.72. The first-order chi connectivity index (χ1) is 13.6. The molecular weight excluding hydrogens is 533 g/mol. The maximum absolute atomic E-state index is 12.1. The summed E-state index contributed by atoms with van der Waals surface area (Å²) in [6.07, 6.45) is 6.29. The largest absolute Gasteiger partial charge is 0.461 e. The highest BCUT2D eigenvalue weighted by Gasteiger charge is 2.24. The summed E-state index contributed by atoms with van der Waals surface area (Å²) < 4.78 is 13.6. The highest BCUT2D eigenvalue weighted by molar-refractivity contribution is 14.1. The molecule has 3 aromatic rings. The van der Waals surface area contributed by atoms with Crippen LogP contribution in [0.1, 0.15) is 43.1 Å². The molecule has 6 heteroatoms. The third-order valence-electron chi connectivity index (χ3n) is 4.88. The molecule has 144 valence electrons. The van der Waals surface area contributed by atoms with Gasteiger partial charge in [0.05, 0.1) is 10.2 Å². The van der Waals surface area contributed by atoms with E-state index in [1.54, 1.807) is 13.1 Å². The van der Waals surface area contributed by atoms with Crippen molar-refractivity contribution in [3.63, 3.8) is 0 Å². The zero-order valence-electron chi connectivity index (χ0n) is 15.4. The SMILES string of the molecule is CCC(=O)Oc1c(Br)cc2oc3c(c2c1C=Nc1ccccc1I)CCCC3. The van der Waals surface area contributed by atoms with Gasteiger partial charge in [-0.15, -0.1) is 0 Å². The Kier molecular flexibility index (Phi) is 5.87. The molecule has 0 N–H and O–H groups in total. The van der Waals surface area contributed by atoms with E-state index in [4.69, 9.17) is 14.1 Å². The fourth-order valence-corrected chi connectivity index (χ4v) is 4.54. The fraction of sp³-hybridized carbons (Fsp3) is 0.273. The van der Waals surface area contributed by atoms with Gasteiger partial charge in [0.15, 0.2) is 5.75 Å². The molecule has 4 nitrogen and oxygen atoms in total. The molecule has 0 fully saturated rings. The molecule has 0 bridgehead atoms. The van der Waals surface area contributed by atoms with Crippen LogP contribution in [0.3, 0.4) is 0 Å². The van der Waals surface area contributed by atoms with Crippen molar-refractivity contribution in [1.82, 2.24) is 0 Å². The van der Waals surface area contributed by atoms with Gasteiger partial charge in [-0.3, -0.25) is 9.79 Å². The van der Waals surface area contributed by atoms with Crippen molar-refractivity contribution in [1.29, 1.82) is 0 Å². The van der Waals surface area contributed by atoms with E-state index in [2.05, 4.69) is 38.5 Å². The normalized spacial score (nSPS) is 13.8. The molecule has 0 radical (unpaired) electrons. The van der Waals surface area contributed by atoms with Gasteiger partial charge < -0.3 is 9.15 Å². The lowest BCUT2D eigenvalue weighted by Crippen LogP contribution is -2.08. The highest BCUT2D eigenvalue weighted by atomic mass is 127. The number of hydrogen-bond acceptors (Lipinski definition) is 4. The van der Waals surface area contributed by atoms with E-state index in [-0.39, 0.29) is 5.97 Å². The second kappa shape index (κ2) is 8.37. The van der Waals surface area contributed by atoms with Crippen molar-refractivity contribution in [3.8, 4) is 5.75 Å². The molecule has 0 unspecified atom stereocenters. The van der Waals surface area contributed by atoms with Crippen LogP contribution in [0.5, 0.6) is 5.75 Å². The Labute approximate surface area is 185 Å². The van der Waals surface area contributed by atoms with Gasteiger partial charge in [-0.25, -0.2) is 0 Å². The number of ether oxygens (including phenoxy) is 1. The minimum atomic E-state index is -0.277. The van der Waals surface area contributed by atoms with Crippen LogP contribution in [0.25, 0.3) is 11.0 Å². The van der Waals surface area contributed by atoms with E-state index in [0.29, 0.717) is 16.6 Å². The van der Waals surface area contributed by atoms with E-state index in [0.717, 1.165) is 57.2 Å². The molecule has 1 aliphatic carbocycles. The van der Waals surface area contributed by atoms with E-state index in [1.165, 1.54) is 5.56 Å². The Morgan fingerprint density at radius 3 is 2.89 bits per heavy atom. The van der Waals surface area contributed by atoms with E-state index < -0.39 is 0 Å². The van der Waals surface area contributed by atoms with Crippen LogP contribution in [-0.2, 0) is 17.6 Å². The highest BCUT2D eigenvalue weighted by Crippen LogP contribution is 2.41. The van der Waals surface area contributed by atoms with Gasteiger partial charge in [0.2, 0.25) is 0 Å². The molecule has 0 saturated carbocycles. The minimum Gasteiger partial charge on any atom is -0.461 e. The maximum atomic E-state index is 12.1. The van der Waals surface area contributed by atoms with E-state index in [9.17, 15) is 4.79 Å². The zero-order chi connectivity index (χ0) is 19.7. The van der Waals surface area contributed by atoms with Gasteiger partial charge in [-0.1, -0.05) is 19.1 Å². The Bertz CT molecular complexity index is 1090. The van der Waals surface area contributed by atoms with Gasteiger partial charge in [0.25, 0.3) is 0 Å². The number of furan rings is 1. The van der Waals surface area contributed by atoms with Gasteiger partial charge in [0.1, 0.15) is 11.3 Å². The molecule has 1 aromatic heterocycles.